The predicted molar refractivity (Wildman–Crippen MR) is 153 cm³/mol. The Balaban J connectivity index is 0.00000222. The van der Waals surface area contributed by atoms with Gasteiger partial charge in [0.25, 0.3) is 0 Å². The van der Waals surface area contributed by atoms with Crippen LogP contribution >= 0.6 is 11.6 Å². The van der Waals surface area contributed by atoms with E-state index in [0.29, 0.717) is 36.8 Å². The third kappa shape index (κ3) is 8.65. The normalized spacial score (nSPS) is 13.6. The number of rotatable bonds is 9. The first-order chi connectivity index (χ1) is 17.5. The van der Waals surface area contributed by atoms with Gasteiger partial charge < -0.3 is 20.7 Å². The zero-order valence-electron chi connectivity index (χ0n) is 21.7. The van der Waals surface area contributed by atoms with Gasteiger partial charge in [0.05, 0.1) is 6.04 Å². The number of halogens is 1. The van der Waals surface area contributed by atoms with Crippen LogP contribution in [0.2, 0.25) is 5.02 Å². The van der Waals surface area contributed by atoms with Crippen molar-refractivity contribution in [3.8, 4) is 0 Å². The number of likely N-dealkylation sites (N-methyl/N-ethyl adjacent to an activating group) is 1. The third-order valence-corrected chi connectivity index (χ3v) is 5.71. The van der Waals surface area contributed by atoms with Crippen LogP contribution in [0.15, 0.2) is 90.2 Å². The van der Waals surface area contributed by atoms with Crippen molar-refractivity contribution >= 4 is 29.4 Å². The standard InChI is InChI=1S/C28H32ClN3O2.C2H6/c1-3-31-28(33)32(4-2)27(18-14-23-19-24(29)15-17-26(23)30)22-11-8-12-25(16-13-22)34-20-21-9-6-5-7-10-21;1-2/h5-11,13-19,27H,3-4,12,20,30H2,1-2H3,(H,31,33);1-2H3/b18-14+;. The highest BCUT2D eigenvalue weighted by molar-refractivity contribution is 6.30. The zero-order chi connectivity index (χ0) is 26.3. The van der Waals surface area contributed by atoms with Crippen LogP contribution in [-0.4, -0.2) is 30.1 Å². The van der Waals surface area contributed by atoms with Crippen molar-refractivity contribution in [3.05, 3.63) is 106 Å². The number of nitrogens with one attached hydrogen (secondary N) is 1. The summed E-state index contributed by atoms with van der Waals surface area (Å²) in [4.78, 5) is 14.6. The number of urea groups is 1. The number of hydrogen-bond acceptors (Lipinski definition) is 3. The van der Waals surface area contributed by atoms with Crippen LogP contribution in [0.1, 0.15) is 45.2 Å². The van der Waals surface area contributed by atoms with E-state index in [-0.39, 0.29) is 12.1 Å². The van der Waals surface area contributed by atoms with Gasteiger partial charge in [0.2, 0.25) is 0 Å². The molecule has 1 aliphatic rings. The topological polar surface area (TPSA) is 67.6 Å². The van der Waals surface area contributed by atoms with Gasteiger partial charge in [0.15, 0.2) is 0 Å². The molecule has 3 N–H and O–H groups in total. The quantitative estimate of drug-likeness (QED) is 0.348. The van der Waals surface area contributed by atoms with Gasteiger partial charge in [-0.2, -0.15) is 0 Å². The molecule has 0 bridgehead atoms. The van der Waals surface area contributed by atoms with Crippen LogP contribution in [0.3, 0.4) is 0 Å². The molecule has 0 saturated carbocycles. The predicted octanol–water partition coefficient (Wildman–Crippen LogP) is 7.37. The van der Waals surface area contributed by atoms with Crippen LogP contribution in [0.5, 0.6) is 0 Å². The summed E-state index contributed by atoms with van der Waals surface area (Å²) in [6.07, 6.45) is 12.7. The van der Waals surface area contributed by atoms with Crippen molar-refractivity contribution < 1.29 is 9.53 Å². The highest BCUT2D eigenvalue weighted by Crippen LogP contribution is 2.24. The minimum atomic E-state index is -0.295. The molecule has 192 valence electrons. The summed E-state index contributed by atoms with van der Waals surface area (Å²) in [5.41, 5.74) is 9.67. The third-order valence-electron chi connectivity index (χ3n) is 5.47. The summed E-state index contributed by atoms with van der Waals surface area (Å²) in [6.45, 7) is 9.49. The number of anilines is 1. The first kappa shape index (κ1) is 28.8. The maximum absolute atomic E-state index is 12.8. The molecule has 2 amide bonds. The second kappa shape index (κ2) is 15.5. The van der Waals surface area contributed by atoms with Crippen molar-refractivity contribution in [3.63, 3.8) is 0 Å². The van der Waals surface area contributed by atoms with Crippen molar-refractivity contribution in [1.29, 1.82) is 0 Å². The van der Waals surface area contributed by atoms with E-state index in [1.807, 2.05) is 94.5 Å². The average Bonchev–Trinajstić information content (AvgIpc) is 3.14. The molecule has 2 aromatic carbocycles. The molecule has 36 heavy (non-hydrogen) atoms. The highest BCUT2D eigenvalue weighted by Gasteiger charge is 2.22. The first-order valence-corrected chi connectivity index (χ1v) is 12.9. The number of carbonyl (C=O) groups excluding carboxylic acids is 1. The Morgan fingerprint density at radius 2 is 1.92 bits per heavy atom. The van der Waals surface area contributed by atoms with E-state index in [0.717, 1.165) is 22.5 Å². The molecule has 0 heterocycles. The molecule has 0 fully saturated rings. The van der Waals surface area contributed by atoms with E-state index in [2.05, 4.69) is 11.4 Å². The summed E-state index contributed by atoms with van der Waals surface area (Å²) < 4.78 is 6.03. The molecule has 1 atom stereocenters. The smallest absolute Gasteiger partial charge is 0.318 e. The Kier molecular flexibility index (Phi) is 12.4. The average molecular weight is 508 g/mol. The lowest BCUT2D eigenvalue weighted by molar-refractivity contribution is 0.194. The Morgan fingerprint density at radius 1 is 1.17 bits per heavy atom. The number of amides is 2. The lowest BCUT2D eigenvalue weighted by atomic mass is 10.0. The highest BCUT2D eigenvalue weighted by atomic mass is 35.5. The van der Waals surface area contributed by atoms with Gasteiger partial charge in [-0.15, -0.1) is 0 Å². The van der Waals surface area contributed by atoms with E-state index in [4.69, 9.17) is 22.1 Å². The number of ether oxygens (including phenoxy) is 1. The number of benzene rings is 2. The van der Waals surface area contributed by atoms with Crippen molar-refractivity contribution in [2.45, 2.75) is 46.8 Å². The Hall–Kier alpha value is -3.44. The molecule has 0 spiro atoms. The summed E-state index contributed by atoms with van der Waals surface area (Å²) in [5, 5.41) is 3.52. The van der Waals surface area contributed by atoms with E-state index >= 15 is 0 Å². The van der Waals surface area contributed by atoms with Crippen LogP contribution in [0, 0.1) is 0 Å². The first-order valence-electron chi connectivity index (χ1n) is 12.5. The number of carbonyl (C=O) groups is 1. The number of hydrogen-bond donors (Lipinski definition) is 2. The molecular formula is C30H38ClN3O2. The molecule has 0 aliphatic heterocycles. The SMILES string of the molecule is CC.CCNC(=O)N(CC)C(/C=C/c1cc(Cl)ccc1N)C1=CC=C(OCc2ccccc2)CC=C1. The fourth-order valence-corrected chi connectivity index (χ4v) is 3.86. The fourth-order valence-electron chi connectivity index (χ4n) is 3.68. The molecule has 2 aromatic rings. The van der Waals surface area contributed by atoms with E-state index in [1.165, 1.54) is 0 Å². The van der Waals surface area contributed by atoms with Gasteiger partial charge >= 0.3 is 6.03 Å². The van der Waals surface area contributed by atoms with Crippen LogP contribution in [0.25, 0.3) is 6.08 Å². The summed E-state index contributed by atoms with van der Waals surface area (Å²) in [6, 6.07) is 15.0. The molecule has 3 rings (SSSR count). The lowest BCUT2D eigenvalue weighted by Gasteiger charge is -2.30. The van der Waals surface area contributed by atoms with Crippen LogP contribution in [0.4, 0.5) is 10.5 Å². The number of nitrogens with zero attached hydrogens (tertiary/aromatic N) is 1. The maximum Gasteiger partial charge on any atom is 0.318 e. The van der Waals surface area contributed by atoms with Gasteiger partial charge in [-0.1, -0.05) is 86.2 Å². The molecule has 1 aliphatic carbocycles. The molecule has 0 saturated heterocycles. The Bertz CT molecular complexity index is 1090. The van der Waals surface area contributed by atoms with E-state index < -0.39 is 0 Å². The molecule has 0 aromatic heterocycles. The Morgan fingerprint density at radius 3 is 2.61 bits per heavy atom. The molecule has 0 radical (unpaired) electrons. The Labute approximate surface area is 221 Å². The minimum Gasteiger partial charge on any atom is -0.493 e. The monoisotopic (exact) mass is 507 g/mol. The van der Waals surface area contributed by atoms with Crippen molar-refractivity contribution in [2.24, 2.45) is 0 Å². The van der Waals surface area contributed by atoms with Crippen LogP contribution in [-0.2, 0) is 11.3 Å². The van der Waals surface area contributed by atoms with E-state index in [9.17, 15) is 4.79 Å². The number of nitrogens with two attached hydrogens (primary N) is 1. The lowest BCUT2D eigenvalue weighted by Crippen LogP contribution is -2.45. The maximum atomic E-state index is 12.8. The van der Waals surface area contributed by atoms with Gasteiger partial charge in [0, 0.05) is 30.2 Å². The largest absolute Gasteiger partial charge is 0.493 e. The van der Waals surface area contributed by atoms with Gasteiger partial charge in [-0.25, -0.2) is 4.79 Å². The fraction of sp³-hybridized carbons (Fsp3) is 0.300. The second-order valence-corrected chi connectivity index (χ2v) is 8.32. The van der Waals surface area contributed by atoms with Gasteiger partial charge in [-0.05, 0) is 54.8 Å². The van der Waals surface area contributed by atoms with E-state index in [1.54, 1.807) is 17.0 Å². The zero-order valence-corrected chi connectivity index (χ0v) is 22.5. The molecule has 1 unspecified atom stereocenters. The summed E-state index contributed by atoms with van der Waals surface area (Å²) in [5.74, 6) is 0.873. The van der Waals surface area contributed by atoms with Crippen molar-refractivity contribution in [1.82, 2.24) is 10.2 Å². The number of allylic oxidation sites excluding steroid dienone is 3. The molecular weight excluding hydrogens is 470 g/mol. The van der Waals surface area contributed by atoms with Gasteiger partial charge in [-0.3, -0.25) is 0 Å². The number of nitrogen functional groups attached to an aromatic ring is 1. The second-order valence-electron chi connectivity index (χ2n) is 7.88. The van der Waals surface area contributed by atoms with Gasteiger partial charge in [0.1, 0.15) is 12.4 Å². The molecule has 5 nitrogen and oxygen atoms in total. The minimum absolute atomic E-state index is 0.123. The summed E-state index contributed by atoms with van der Waals surface area (Å²) in [7, 11) is 0. The van der Waals surface area contributed by atoms with Crippen LogP contribution < -0.4 is 11.1 Å². The molecule has 6 heteroatoms. The van der Waals surface area contributed by atoms with Crippen molar-refractivity contribution in [2.75, 3.05) is 18.8 Å². The summed E-state index contributed by atoms with van der Waals surface area (Å²) >= 11 is 6.17.